The number of hydrogen-bond donors (Lipinski definition) is 2. The van der Waals surface area contributed by atoms with E-state index in [4.69, 9.17) is 4.98 Å². The van der Waals surface area contributed by atoms with Gasteiger partial charge < -0.3 is 4.98 Å². The summed E-state index contributed by atoms with van der Waals surface area (Å²) in [6, 6.07) is 14.0. The molecule has 0 aliphatic rings. The lowest BCUT2D eigenvalue weighted by Crippen LogP contribution is -1.89. The Morgan fingerprint density at radius 2 is 1.68 bits per heavy atom. The smallest absolute Gasteiger partial charge is 0.135 e. The topological polar surface area (TPSA) is 96.0 Å². The minimum Gasteiger partial charge on any atom is -0.353 e. The quantitative estimate of drug-likeness (QED) is 0.437. The normalized spacial score (nSPS) is 11.4. The van der Waals surface area contributed by atoms with Gasteiger partial charge in [-0.25, -0.2) is 4.98 Å². The molecule has 0 aromatic carbocycles. The van der Waals surface area contributed by atoms with Crippen LogP contribution < -0.4 is 0 Å². The van der Waals surface area contributed by atoms with Crippen molar-refractivity contribution in [2.45, 2.75) is 6.92 Å². The summed E-state index contributed by atoms with van der Waals surface area (Å²) < 4.78 is 0. The number of pyridine rings is 4. The van der Waals surface area contributed by atoms with Crippen molar-refractivity contribution in [3.63, 3.8) is 0 Å². The standard InChI is InChI=1S/C24H17N7/c1-14-4-8-26-13-17(14)18-2-3-20-23(29-18)24(31-30-20)21-12-16-19(28-21)7-11-27-22(16)15-5-9-25-10-6-15/h2-13,28H,1H3,(H,30,31). The van der Waals surface area contributed by atoms with Gasteiger partial charge in [0.05, 0.1) is 22.6 Å². The highest BCUT2D eigenvalue weighted by atomic mass is 15.1. The monoisotopic (exact) mass is 403 g/mol. The Morgan fingerprint density at radius 3 is 2.55 bits per heavy atom. The second-order valence-corrected chi connectivity index (χ2v) is 7.40. The Hall–Kier alpha value is -4.39. The predicted octanol–water partition coefficient (Wildman–Crippen LogP) is 4.93. The van der Waals surface area contributed by atoms with Gasteiger partial charge in [0, 0.05) is 53.0 Å². The van der Waals surface area contributed by atoms with Crippen molar-refractivity contribution in [1.29, 1.82) is 0 Å². The van der Waals surface area contributed by atoms with Crippen LogP contribution in [0.3, 0.4) is 0 Å². The molecular weight excluding hydrogens is 386 g/mol. The molecule has 0 saturated carbocycles. The lowest BCUT2D eigenvalue weighted by atomic mass is 10.1. The fourth-order valence-corrected chi connectivity index (χ4v) is 3.89. The highest BCUT2D eigenvalue weighted by molar-refractivity contribution is 5.99. The van der Waals surface area contributed by atoms with Crippen LogP contribution in [0.25, 0.3) is 55.8 Å². The van der Waals surface area contributed by atoms with Crippen LogP contribution in [0, 0.1) is 6.92 Å². The fourth-order valence-electron chi connectivity index (χ4n) is 3.89. The Labute approximate surface area is 177 Å². The zero-order valence-corrected chi connectivity index (χ0v) is 16.7. The largest absolute Gasteiger partial charge is 0.353 e. The molecule has 7 nitrogen and oxygen atoms in total. The Kier molecular flexibility index (Phi) is 3.86. The van der Waals surface area contributed by atoms with Gasteiger partial charge in [-0.1, -0.05) is 0 Å². The molecule has 0 atom stereocenters. The van der Waals surface area contributed by atoms with Gasteiger partial charge in [-0.2, -0.15) is 5.10 Å². The maximum Gasteiger partial charge on any atom is 0.135 e. The number of nitrogens with zero attached hydrogens (tertiary/aromatic N) is 5. The Morgan fingerprint density at radius 1 is 0.806 bits per heavy atom. The summed E-state index contributed by atoms with van der Waals surface area (Å²) in [7, 11) is 0. The molecule has 6 aromatic rings. The number of hydrogen-bond acceptors (Lipinski definition) is 5. The van der Waals surface area contributed by atoms with Gasteiger partial charge >= 0.3 is 0 Å². The van der Waals surface area contributed by atoms with Crippen LogP contribution in [0.2, 0.25) is 0 Å². The van der Waals surface area contributed by atoms with E-state index in [2.05, 4.69) is 43.1 Å². The summed E-state index contributed by atoms with van der Waals surface area (Å²) in [5.41, 5.74) is 9.28. The number of aryl methyl sites for hydroxylation is 1. The van der Waals surface area contributed by atoms with E-state index in [1.54, 1.807) is 18.6 Å². The predicted molar refractivity (Wildman–Crippen MR) is 120 cm³/mol. The zero-order valence-electron chi connectivity index (χ0n) is 16.7. The van der Waals surface area contributed by atoms with Crippen LogP contribution in [0.4, 0.5) is 0 Å². The zero-order chi connectivity index (χ0) is 20.8. The minimum absolute atomic E-state index is 0.773. The summed E-state index contributed by atoms with van der Waals surface area (Å²) in [5, 5.41) is 8.68. The molecule has 7 heteroatoms. The maximum absolute atomic E-state index is 4.92. The van der Waals surface area contributed by atoms with Crippen molar-refractivity contribution in [3.8, 4) is 33.9 Å². The molecule has 0 bridgehead atoms. The number of nitrogens with one attached hydrogen (secondary N) is 2. The molecule has 148 valence electrons. The van der Waals surface area contributed by atoms with Crippen LogP contribution in [0.1, 0.15) is 5.56 Å². The molecule has 0 unspecified atom stereocenters. The van der Waals surface area contributed by atoms with Gasteiger partial charge in [0.1, 0.15) is 11.2 Å². The van der Waals surface area contributed by atoms with Crippen molar-refractivity contribution in [2.75, 3.05) is 0 Å². The highest BCUT2D eigenvalue weighted by Crippen LogP contribution is 2.33. The molecule has 31 heavy (non-hydrogen) atoms. The molecule has 0 aliphatic heterocycles. The van der Waals surface area contributed by atoms with Gasteiger partial charge in [0.2, 0.25) is 0 Å². The summed E-state index contributed by atoms with van der Waals surface area (Å²) in [6.45, 7) is 2.06. The molecule has 0 fully saturated rings. The van der Waals surface area contributed by atoms with Crippen molar-refractivity contribution < 1.29 is 0 Å². The average molecular weight is 403 g/mol. The first kappa shape index (κ1) is 17.5. The van der Waals surface area contributed by atoms with E-state index < -0.39 is 0 Å². The lowest BCUT2D eigenvalue weighted by molar-refractivity contribution is 1.12. The SMILES string of the molecule is Cc1ccncc1-c1ccc2[nH]nc(-c3cc4c(-c5ccncc5)nccc4[nH]3)c2n1. The summed E-state index contributed by atoms with van der Waals surface area (Å²) in [5.74, 6) is 0. The van der Waals surface area contributed by atoms with Crippen molar-refractivity contribution >= 4 is 21.9 Å². The molecule has 6 rings (SSSR count). The van der Waals surface area contributed by atoms with E-state index in [1.165, 1.54) is 0 Å². The van der Waals surface area contributed by atoms with Gasteiger partial charge in [0.25, 0.3) is 0 Å². The number of fused-ring (bicyclic) bond motifs is 2. The van der Waals surface area contributed by atoms with E-state index in [1.807, 2.05) is 48.8 Å². The summed E-state index contributed by atoms with van der Waals surface area (Å²) >= 11 is 0. The van der Waals surface area contributed by atoms with Gasteiger partial charge in [-0.05, 0) is 55.0 Å². The first-order valence-corrected chi connectivity index (χ1v) is 9.92. The second-order valence-electron chi connectivity index (χ2n) is 7.40. The number of rotatable bonds is 3. The molecule has 6 aromatic heterocycles. The first-order valence-electron chi connectivity index (χ1n) is 9.92. The molecular formula is C24H17N7. The highest BCUT2D eigenvalue weighted by Gasteiger charge is 2.16. The first-order chi connectivity index (χ1) is 15.3. The Bertz CT molecular complexity index is 1550. The number of aromatic amines is 2. The molecule has 0 spiro atoms. The van der Waals surface area contributed by atoms with Crippen LogP contribution in [-0.2, 0) is 0 Å². The summed E-state index contributed by atoms with van der Waals surface area (Å²) in [6.07, 6.45) is 8.99. The lowest BCUT2D eigenvalue weighted by Gasteiger charge is -2.04. The van der Waals surface area contributed by atoms with Crippen molar-refractivity contribution in [1.82, 2.24) is 35.1 Å². The Balaban J connectivity index is 1.52. The molecule has 0 saturated heterocycles. The van der Waals surface area contributed by atoms with Gasteiger partial charge in [0.15, 0.2) is 0 Å². The van der Waals surface area contributed by atoms with Crippen LogP contribution in [0.5, 0.6) is 0 Å². The van der Waals surface area contributed by atoms with E-state index in [0.717, 1.165) is 61.4 Å². The van der Waals surface area contributed by atoms with E-state index in [-0.39, 0.29) is 0 Å². The van der Waals surface area contributed by atoms with Gasteiger partial charge in [-0.3, -0.25) is 20.1 Å². The minimum atomic E-state index is 0.773. The number of aromatic nitrogens is 7. The van der Waals surface area contributed by atoms with E-state index in [0.29, 0.717) is 0 Å². The molecule has 0 radical (unpaired) electrons. The van der Waals surface area contributed by atoms with E-state index >= 15 is 0 Å². The molecule has 0 amide bonds. The second kappa shape index (κ2) is 6.84. The molecule has 6 heterocycles. The van der Waals surface area contributed by atoms with E-state index in [9.17, 15) is 0 Å². The average Bonchev–Trinajstić information content (AvgIpc) is 3.43. The maximum atomic E-state index is 4.92. The third-order valence-electron chi connectivity index (χ3n) is 5.48. The third-order valence-corrected chi connectivity index (χ3v) is 5.48. The number of H-pyrrole nitrogens is 2. The van der Waals surface area contributed by atoms with Crippen molar-refractivity contribution in [2.24, 2.45) is 0 Å². The summed E-state index contributed by atoms with van der Waals surface area (Å²) in [4.78, 5) is 21.4. The third kappa shape index (κ3) is 2.86. The van der Waals surface area contributed by atoms with Crippen molar-refractivity contribution in [3.05, 3.63) is 79.0 Å². The van der Waals surface area contributed by atoms with Crippen LogP contribution in [-0.4, -0.2) is 35.1 Å². The van der Waals surface area contributed by atoms with Gasteiger partial charge in [-0.15, -0.1) is 0 Å². The van der Waals surface area contributed by atoms with Crippen LogP contribution in [0.15, 0.2) is 73.4 Å². The molecule has 0 aliphatic carbocycles. The van der Waals surface area contributed by atoms with Crippen LogP contribution >= 0.6 is 0 Å². The fraction of sp³-hybridized carbons (Fsp3) is 0.0417. The molecule has 2 N–H and O–H groups in total.